The van der Waals surface area contributed by atoms with Crippen molar-refractivity contribution in [2.75, 3.05) is 63.6 Å². The van der Waals surface area contributed by atoms with Crippen molar-refractivity contribution in [2.45, 2.75) is 31.4 Å². The Morgan fingerprint density at radius 1 is 1.10 bits per heavy atom. The lowest BCUT2D eigenvalue weighted by Crippen LogP contribution is -2.50. The van der Waals surface area contributed by atoms with Crippen LogP contribution in [0.2, 0.25) is 0 Å². The molecule has 31 heavy (non-hydrogen) atoms. The van der Waals surface area contributed by atoms with Crippen molar-refractivity contribution in [3.05, 3.63) is 59.7 Å². The molecule has 1 fully saturated rings. The summed E-state index contributed by atoms with van der Waals surface area (Å²) in [6, 6.07) is 17.0. The predicted molar refractivity (Wildman–Crippen MR) is 131 cm³/mol. The second-order valence-corrected chi connectivity index (χ2v) is 8.67. The van der Waals surface area contributed by atoms with Gasteiger partial charge in [0.25, 0.3) is 0 Å². The first kappa shape index (κ1) is 23.5. The minimum absolute atomic E-state index is 0.386. The van der Waals surface area contributed by atoms with E-state index in [0.717, 1.165) is 56.8 Å². The summed E-state index contributed by atoms with van der Waals surface area (Å²) in [6.07, 6.45) is 1.03. The Hall–Kier alpha value is -2.12. The van der Waals surface area contributed by atoms with Gasteiger partial charge in [-0.25, -0.2) is 0 Å². The number of piperazine rings is 1. The molecule has 0 aliphatic carbocycles. The number of aliphatic hydroxyl groups excluding tert-OH is 1. The quantitative estimate of drug-likeness (QED) is 0.469. The van der Waals surface area contributed by atoms with Crippen LogP contribution in [0.25, 0.3) is 0 Å². The number of nitrogens with two attached hydrogens (primary N) is 1. The highest BCUT2D eigenvalue weighted by molar-refractivity contribution is 5.49. The van der Waals surface area contributed by atoms with Crippen molar-refractivity contribution < 1.29 is 5.11 Å². The van der Waals surface area contributed by atoms with Gasteiger partial charge in [-0.05, 0) is 62.3 Å². The van der Waals surface area contributed by atoms with Gasteiger partial charge in [-0.2, -0.15) is 0 Å². The lowest BCUT2D eigenvalue weighted by Gasteiger charge is -2.44. The number of anilines is 2. The maximum Gasteiger partial charge on any atom is 0.0976 e. The second-order valence-electron chi connectivity index (χ2n) is 8.67. The van der Waals surface area contributed by atoms with Gasteiger partial charge in [0, 0.05) is 50.6 Å². The Kier molecular flexibility index (Phi) is 8.32. The standard InChI is InChI=1S/C25H39N5O/c1-4-25(29(2)3,19-20-5-9-22(10-6-20)28-14-13-26)24(31)21-7-11-23(12-8-21)30-17-15-27-16-18-30/h5-12,24,27-28,31H,4,13-19,26H2,1-3H3. The Labute approximate surface area is 187 Å². The van der Waals surface area contributed by atoms with Gasteiger partial charge in [0.1, 0.15) is 0 Å². The van der Waals surface area contributed by atoms with Gasteiger partial charge in [0.15, 0.2) is 0 Å². The molecule has 0 spiro atoms. The molecule has 1 aliphatic rings. The van der Waals surface area contributed by atoms with Crippen molar-refractivity contribution in [2.24, 2.45) is 5.73 Å². The normalized spacial score (nSPS) is 17.4. The first-order valence-corrected chi connectivity index (χ1v) is 11.4. The highest BCUT2D eigenvalue weighted by Gasteiger charge is 2.39. The van der Waals surface area contributed by atoms with Crippen LogP contribution < -0.4 is 21.3 Å². The average Bonchev–Trinajstić information content (AvgIpc) is 2.82. The minimum Gasteiger partial charge on any atom is -0.386 e. The molecule has 3 rings (SSSR count). The van der Waals surface area contributed by atoms with Gasteiger partial charge in [0.05, 0.1) is 11.6 Å². The van der Waals surface area contributed by atoms with Gasteiger partial charge < -0.3 is 31.3 Å². The SMILES string of the molecule is CCC(Cc1ccc(NCCN)cc1)(C(O)c1ccc(N2CCNCC2)cc1)N(C)C. The molecule has 2 aromatic rings. The largest absolute Gasteiger partial charge is 0.386 e. The van der Waals surface area contributed by atoms with E-state index in [9.17, 15) is 5.11 Å². The summed E-state index contributed by atoms with van der Waals surface area (Å²) >= 11 is 0. The molecule has 170 valence electrons. The number of hydrogen-bond acceptors (Lipinski definition) is 6. The Bertz CT molecular complexity index is 787. The van der Waals surface area contributed by atoms with Crippen molar-refractivity contribution >= 4 is 11.4 Å². The van der Waals surface area contributed by atoms with Crippen molar-refractivity contribution in [1.82, 2.24) is 10.2 Å². The number of nitrogens with zero attached hydrogens (tertiary/aromatic N) is 2. The van der Waals surface area contributed by atoms with E-state index < -0.39 is 6.10 Å². The van der Waals surface area contributed by atoms with Gasteiger partial charge in [0.2, 0.25) is 0 Å². The maximum atomic E-state index is 11.5. The summed E-state index contributed by atoms with van der Waals surface area (Å²) in [7, 11) is 4.14. The highest BCUT2D eigenvalue weighted by atomic mass is 16.3. The third kappa shape index (κ3) is 5.57. The lowest BCUT2D eigenvalue weighted by atomic mass is 9.79. The fourth-order valence-electron chi connectivity index (χ4n) is 4.55. The minimum atomic E-state index is -0.584. The molecular formula is C25H39N5O. The zero-order valence-electron chi connectivity index (χ0n) is 19.3. The van der Waals surface area contributed by atoms with Crippen molar-refractivity contribution in [3.63, 3.8) is 0 Å². The van der Waals surface area contributed by atoms with Crippen LogP contribution in [-0.2, 0) is 6.42 Å². The monoisotopic (exact) mass is 425 g/mol. The fourth-order valence-corrected chi connectivity index (χ4v) is 4.55. The van der Waals surface area contributed by atoms with Crippen LogP contribution in [0, 0.1) is 0 Å². The summed E-state index contributed by atoms with van der Waals surface area (Å²) in [4.78, 5) is 4.58. The van der Waals surface area contributed by atoms with Gasteiger partial charge in [-0.1, -0.05) is 31.2 Å². The van der Waals surface area contributed by atoms with Crippen LogP contribution in [0.3, 0.4) is 0 Å². The van der Waals surface area contributed by atoms with Crippen LogP contribution >= 0.6 is 0 Å². The molecule has 0 radical (unpaired) electrons. The highest BCUT2D eigenvalue weighted by Crippen LogP contribution is 2.37. The first-order valence-electron chi connectivity index (χ1n) is 11.4. The molecule has 1 aliphatic heterocycles. The number of rotatable bonds is 10. The number of benzene rings is 2. The maximum absolute atomic E-state index is 11.5. The van der Waals surface area contributed by atoms with E-state index in [1.807, 2.05) is 0 Å². The van der Waals surface area contributed by atoms with Crippen LogP contribution in [0.1, 0.15) is 30.6 Å². The van der Waals surface area contributed by atoms with Crippen LogP contribution in [0.5, 0.6) is 0 Å². The van der Waals surface area contributed by atoms with E-state index in [0.29, 0.717) is 6.54 Å². The summed E-state index contributed by atoms with van der Waals surface area (Å²) in [5.41, 5.74) is 9.68. The van der Waals surface area contributed by atoms with Crippen LogP contribution in [0.4, 0.5) is 11.4 Å². The van der Waals surface area contributed by atoms with E-state index in [4.69, 9.17) is 5.73 Å². The average molecular weight is 426 g/mol. The molecule has 2 unspecified atom stereocenters. The number of hydrogen-bond donors (Lipinski definition) is 4. The lowest BCUT2D eigenvalue weighted by molar-refractivity contribution is -0.0122. The van der Waals surface area contributed by atoms with E-state index in [2.05, 4.69) is 90.0 Å². The zero-order chi connectivity index (χ0) is 22.3. The van der Waals surface area contributed by atoms with Gasteiger partial charge >= 0.3 is 0 Å². The Morgan fingerprint density at radius 3 is 2.29 bits per heavy atom. The van der Waals surface area contributed by atoms with E-state index in [1.165, 1.54) is 11.3 Å². The van der Waals surface area contributed by atoms with E-state index in [-0.39, 0.29) is 5.54 Å². The summed E-state index contributed by atoms with van der Waals surface area (Å²) in [6.45, 7) is 7.62. The fraction of sp³-hybridized carbons (Fsp3) is 0.520. The van der Waals surface area contributed by atoms with Crippen molar-refractivity contribution in [3.8, 4) is 0 Å². The first-order chi connectivity index (χ1) is 15.0. The molecule has 0 saturated carbocycles. The number of likely N-dealkylation sites (N-methyl/N-ethyl adjacent to an activating group) is 1. The molecule has 1 saturated heterocycles. The third-order valence-electron chi connectivity index (χ3n) is 6.64. The second kappa shape index (κ2) is 11.0. The molecule has 2 atom stereocenters. The molecule has 0 amide bonds. The molecule has 6 heteroatoms. The Morgan fingerprint density at radius 2 is 1.74 bits per heavy atom. The van der Waals surface area contributed by atoms with E-state index in [1.54, 1.807) is 0 Å². The molecule has 6 nitrogen and oxygen atoms in total. The Balaban J connectivity index is 1.78. The van der Waals surface area contributed by atoms with Crippen molar-refractivity contribution in [1.29, 1.82) is 0 Å². The zero-order valence-corrected chi connectivity index (χ0v) is 19.3. The van der Waals surface area contributed by atoms with Crippen LogP contribution in [-0.4, -0.2) is 68.9 Å². The molecule has 0 bridgehead atoms. The van der Waals surface area contributed by atoms with Crippen LogP contribution in [0.15, 0.2) is 48.5 Å². The third-order valence-corrected chi connectivity index (χ3v) is 6.64. The molecule has 2 aromatic carbocycles. The van der Waals surface area contributed by atoms with Gasteiger partial charge in [-0.3, -0.25) is 0 Å². The summed E-state index contributed by atoms with van der Waals surface area (Å²) in [5, 5.41) is 18.2. The summed E-state index contributed by atoms with van der Waals surface area (Å²) in [5.74, 6) is 0. The molecule has 1 heterocycles. The molecular weight excluding hydrogens is 386 g/mol. The summed E-state index contributed by atoms with van der Waals surface area (Å²) < 4.78 is 0. The smallest absolute Gasteiger partial charge is 0.0976 e. The molecule has 0 aromatic heterocycles. The number of nitrogens with one attached hydrogen (secondary N) is 2. The number of aliphatic hydroxyl groups is 1. The predicted octanol–water partition coefficient (Wildman–Crippen LogP) is 2.45. The van der Waals surface area contributed by atoms with Gasteiger partial charge in [-0.15, -0.1) is 0 Å². The molecule has 5 N–H and O–H groups in total. The topological polar surface area (TPSA) is 76.8 Å². The van der Waals surface area contributed by atoms with E-state index >= 15 is 0 Å².